The number of rotatable bonds is 13. The molecule has 1 atom stereocenters. The third kappa shape index (κ3) is 6.96. The highest BCUT2D eigenvalue weighted by Gasteiger charge is 2.11. The van der Waals surface area contributed by atoms with Crippen molar-refractivity contribution >= 4 is 41.8 Å². The minimum Gasteiger partial charge on any atom is -0.381 e. The van der Waals surface area contributed by atoms with Gasteiger partial charge in [-0.25, -0.2) is 9.97 Å². The first-order valence-corrected chi connectivity index (χ1v) is 11.5. The number of anilines is 3. The molecule has 0 aliphatic rings. The third-order valence-electron chi connectivity index (χ3n) is 4.67. The van der Waals surface area contributed by atoms with Gasteiger partial charge in [-0.2, -0.15) is 17.0 Å². The molecule has 2 aromatic heterocycles. The Morgan fingerprint density at radius 3 is 2.74 bits per heavy atom. The Morgan fingerprint density at radius 2 is 2.10 bits per heavy atom. The number of aldehydes is 1. The van der Waals surface area contributed by atoms with Gasteiger partial charge in [0, 0.05) is 30.6 Å². The number of pyridine rings is 2. The number of aromatic nitrogens is 2. The molecule has 0 saturated heterocycles. The number of aryl methyl sites for hydroxylation is 2. The number of nitrogens with zero attached hydrogens (tertiary/aromatic N) is 3. The van der Waals surface area contributed by atoms with Crippen LogP contribution >= 0.6 is 11.8 Å². The normalized spacial score (nSPS) is 11.3. The van der Waals surface area contributed by atoms with Gasteiger partial charge < -0.3 is 16.0 Å². The maximum Gasteiger partial charge on any atom is 0.212 e. The van der Waals surface area contributed by atoms with Crippen molar-refractivity contribution in [1.29, 1.82) is 5.26 Å². The first kappa shape index (κ1) is 24.2. The lowest BCUT2D eigenvalue weighted by molar-refractivity contribution is -0.105. The Morgan fingerprint density at radius 1 is 1.29 bits per heavy atom. The van der Waals surface area contributed by atoms with Gasteiger partial charge in [-0.05, 0) is 49.6 Å². The van der Waals surface area contributed by atoms with E-state index >= 15 is 0 Å². The monoisotopic (exact) mass is 440 g/mol. The molecule has 2 rings (SSSR count). The van der Waals surface area contributed by atoms with Crippen LogP contribution in [-0.4, -0.2) is 47.3 Å². The predicted octanol–water partition coefficient (Wildman–Crippen LogP) is 3.50. The molecule has 1 amide bonds. The summed E-state index contributed by atoms with van der Waals surface area (Å²) in [6.45, 7) is 4.69. The first-order valence-electron chi connectivity index (χ1n) is 10.1. The molecule has 9 heteroatoms. The lowest BCUT2D eigenvalue weighted by Gasteiger charge is -2.16. The number of nitriles is 1. The smallest absolute Gasteiger partial charge is 0.212 e. The summed E-state index contributed by atoms with van der Waals surface area (Å²) in [4.78, 5) is 30.7. The summed E-state index contributed by atoms with van der Waals surface area (Å²) in [5, 5.41) is 18.6. The van der Waals surface area contributed by atoms with Crippen molar-refractivity contribution in [1.82, 2.24) is 9.97 Å². The largest absolute Gasteiger partial charge is 0.381 e. The van der Waals surface area contributed by atoms with Crippen LogP contribution in [0.1, 0.15) is 47.4 Å². The van der Waals surface area contributed by atoms with Gasteiger partial charge in [0.05, 0.1) is 11.3 Å². The van der Waals surface area contributed by atoms with Gasteiger partial charge in [0.1, 0.15) is 23.4 Å². The van der Waals surface area contributed by atoms with E-state index in [1.807, 2.05) is 25.3 Å². The van der Waals surface area contributed by atoms with Crippen LogP contribution in [0.3, 0.4) is 0 Å². The minimum absolute atomic E-state index is 0.232. The van der Waals surface area contributed by atoms with Crippen molar-refractivity contribution < 1.29 is 9.59 Å². The van der Waals surface area contributed by atoms with E-state index in [-0.39, 0.29) is 6.04 Å². The fourth-order valence-corrected chi connectivity index (χ4v) is 3.77. The highest BCUT2D eigenvalue weighted by atomic mass is 32.2. The highest BCUT2D eigenvalue weighted by molar-refractivity contribution is 7.98. The quantitative estimate of drug-likeness (QED) is 0.320. The Bertz CT molecular complexity index is 944. The minimum atomic E-state index is 0.232. The van der Waals surface area contributed by atoms with Gasteiger partial charge in [0.25, 0.3) is 0 Å². The Labute approximate surface area is 187 Å². The maximum absolute atomic E-state index is 11.2. The van der Waals surface area contributed by atoms with Gasteiger partial charge in [0.15, 0.2) is 6.29 Å². The molecule has 2 heterocycles. The van der Waals surface area contributed by atoms with E-state index in [4.69, 9.17) is 0 Å². The van der Waals surface area contributed by atoms with Crippen molar-refractivity contribution in [2.24, 2.45) is 0 Å². The van der Waals surface area contributed by atoms with E-state index in [9.17, 15) is 14.9 Å². The maximum atomic E-state index is 11.2. The fraction of sp³-hybridized carbons (Fsp3) is 0.409. The Hall–Kier alpha value is -3.12. The lowest BCUT2D eigenvalue weighted by atomic mass is 10.0. The molecular weight excluding hydrogens is 412 g/mol. The summed E-state index contributed by atoms with van der Waals surface area (Å²) in [5.41, 5.74) is 3.37. The summed E-state index contributed by atoms with van der Waals surface area (Å²) in [6, 6.07) is 6.18. The van der Waals surface area contributed by atoms with Gasteiger partial charge in [-0.15, -0.1) is 0 Å². The number of carbonyl (C=O) groups excluding carboxylic acids is 2. The molecule has 3 N–H and O–H groups in total. The van der Waals surface area contributed by atoms with Crippen LogP contribution in [0.4, 0.5) is 17.3 Å². The zero-order chi connectivity index (χ0) is 22.6. The van der Waals surface area contributed by atoms with Crippen molar-refractivity contribution in [2.45, 2.75) is 39.2 Å². The van der Waals surface area contributed by atoms with E-state index in [1.54, 1.807) is 18.0 Å². The van der Waals surface area contributed by atoms with Crippen LogP contribution < -0.4 is 16.0 Å². The summed E-state index contributed by atoms with van der Waals surface area (Å²) in [6.07, 6.45) is 7.02. The molecule has 0 bridgehead atoms. The molecule has 0 fully saturated rings. The van der Waals surface area contributed by atoms with Gasteiger partial charge >= 0.3 is 0 Å². The van der Waals surface area contributed by atoms with Crippen LogP contribution in [0, 0.1) is 11.3 Å². The average Bonchev–Trinajstić information content (AvgIpc) is 2.77. The number of carbonyl (C=O) groups is 2. The van der Waals surface area contributed by atoms with E-state index < -0.39 is 0 Å². The van der Waals surface area contributed by atoms with Crippen molar-refractivity contribution in [3.8, 4) is 6.07 Å². The van der Waals surface area contributed by atoms with Gasteiger partial charge in [-0.3, -0.25) is 9.59 Å². The first-order chi connectivity index (χ1) is 15.1. The topological polar surface area (TPSA) is 120 Å². The standard InChI is InChI=1S/C22H28N6O2S/c1-4-16-8-17(22(26-14-30)28-20(16)12-29)6-5-7-24-21-9-19(18(10-23)11-25-21)27-15(2)13-31-3/h8-9,11-12,14-15H,4-7,13H2,1-3H3,(H2,24,25,27)(H,26,28,30). The molecule has 31 heavy (non-hydrogen) atoms. The molecule has 8 nitrogen and oxygen atoms in total. The molecular formula is C22H28N6O2S. The van der Waals surface area contributed by atoms with Crippen LogP contribution in [0.5, 0.6) is 0 Å². The molecule has 0 aromatic carbocycles. The molecule has 0 aliphatic heterocycles. The molecule has 0 aliphatic carbocycles. The molecule has 0 saturated carbocycles. The second kappa shape index (κ2) is 12.5. The highest BCUT2D eigenvalue weighted by Crippen LogP contribution is 2.21. The molecule has 1 unspecified atom stereocenters. The molecule has 2 aromatic rings. The molecule has 0 spiro atoms. The Kier molecular flexibility index (Phi) is 9.78. The van der Waals surface area contributed by atoms with Crippen molar-refractivity contribution in [2.75, 3.05) is 34.5 Å². The zero-order valence-corrected chi connectivity index (χ0v) is 18.9. The van der Waals surface area contributed by atoms with E-state index in [2.05, 4.69) is 38.9 Å². The number of hydrogen-bond acceptors (Lipinski definition) is 8. The Balaban J connectivity index is 2.03. The van der Waals surface area contributed by atoms with Crippen LogP contribution in [0.25, 0.3) is 0 Å². The van der Waals surface area contributed by atoms with Crippen LogP contribution in [0.2, 0.25) is 0 Å². The number of amides is 1. The average molecular weight is 441 g/mol. The fourth-order valence-electron chi connectivity index (χ4n) is 3.19. The van der Waals surface area contributed by atoms with Crippen molar-refractivity contribution in [3.05, 3.63) is 40.7 Å². The summed E-state index contributed by atoms with van der Waals surface area (Å²) in [7, 11) is 0. The molecule has 164 valence electrons. The number of hydrogen-bond donors (Lipinski definition) is 3. The van der Waals surface area contributed by atoms with E-state index in [0.29, 0.717) is 55.0 Å². The second-order valence-corrected chi connectivity index (χ2v) is 7.94. The van der Waals surface area contributed by atoms with E-state index in [1.165, 1.54) is 0 Å². The third-order valence-corrected chi connectivity index (χ3v) is 5.51. The second-order valence-electron chi connectivity index (χ2n) is 7.03. The predicted molar refractivity (Wildman–Crippen MR) is 126 cm³/mol. The van der Waals surface area contributed by atoms with E-state index in [0.717, 1.165) is 29.0 Å². The van der Waals surface area contributed by atoms with Crippen LogP contribution in [0.15, 0.2) is 18.3 Å². The van der Waals surface area contributed by atoms with Crippen LogP contribution in [-0.2, 0) is 17.6 Å². The number of thioether (sulfide) groups is 1. The summed E-state index contributed by atoms with van der Waals surface area (Å²) < 4.78 is 0. The lowest BCUT2D eigenvalue weighted by Crippen LogP contribution is -2.19. The zero-order valence-electron chi connectivity index (χ0n) is 18.1. The van der Waals surface area contributed by atoms with Gasteiger partial charge in [-0.1, -0.05) is 6.92 Å². The number of nitrogens with one attached hydrogen (secondary N) is 3. The van der Waals surface area contributed by atoms with Gasteiger partial charge in [0.2, 0.25) is 6.41 Å². The summed E-state index contributed by atoms with van der Waals surface area (Å²) in [5.74, 6) is 2.04. The molecule has 0 radical (unpaired) electrons. The van der Waals surface area contributed by atoms with Crippen molar-refractivity contribution in [3.63, 3.8) is 0 Å². The summed E-state index contributed by atoms with van der Waals surface area (Å²) >= 11 is 1.74. The SMILES string of the molecule is CCc1cc(CCCNc2cc(NC(C)CSC)c(C#N)cn2)c(NC=O)nc1C=O.